The molecule has 13 rings (SSSR count). The summed E-state index contributed by atoms with van der Waals surface area (Å²) in [7, 11) is 0. The van der Waals surface area contributed by atoms with Gasteiger partial charge < -0.3 is 14.7 Å². The number of rotatable bonds is 3. The molecule has 7 aromatic rings. The molecule has 4 unspecified atom stereocenters. The zero-order valence-electron chi connectivity index (χ0n) is 44.5. The summed E-state index contributed by atoms with van der Waals surface area (Å²) in [5.41, 5.74) is 24.1. The van der Waals surface area contributed by atoms with Crippen molar-refractivity contribution in [3.05, 3.63) is 190 Å². The lowest BCUT2D eigenvalue weighted by molar-refractivity contribution is 0.215. The molecule has 4 heterocycles. The van der Waals surface area contributed by atoms with Gasteiger partial charge in [0.2, 0.25) is 0 Å². The van der Waals surface area contributed by atoms with Gasteiger partial charge in [-0.1, -0.05) is 191 Å². The van der Waals surface area contributed by atoms with Crippen LogP contribution in [-0.4, -0.2) is 12.3 Å². The number of benzene rings is 7. The molecule has 0 N–H and O–H groups in total. The van der Waals surface area contributed by atoms with Gasteiger partial charge in [-0.05, 0) is 153 Å². The fourth-order valence-corrected chi connectivity index (χ4v) is 15.5. The second-order valence-corrected chi connectivity index (χ2v) is 26.2. The van der Waals surface area contributed by atoms with E-state index in [-0.39, 0.29) is 44.9 Å². The van der Waals surface area contributed by atoms with Crippen LogP contribution < -0.4 is 31.1 Å². The summed E-state index contributed by atoms with van der Waals surface area (Å²) in [5, 5.41) is 0. The number of fused-ring (bicyclic) bond motifs is 12. The smallest absolute Gasteiger partial charge is 0.252 e. The van der Waals surface area contributed by atoms with Crippen LogP contribution in [-0.2, 0) is 39.0 Å². The Hall–Kier alpha value is -6.00. The second kappa shape index (κ2) is 14.6. The maximum absolute atomic E-state index is 2.94. The first-order valence-corrected chi connectivity index (χ1v) is 27.0. The number of hydrogen-bond acceptors (Lipinski definition) is 3. The predicted molar refractivity (Wildman–Crippen MR) is 303 cm³/mol. The van der Waals surface area contributed by atoms with Gasteiger partial charge >= 0.3 is 0 Å². The molecular formula is C67H72BN3. The van der Waals surface area contributed by atoms with Crippen LogP contribution in [0.15, 0.2) is 146 Å². The average Bonchev–Trinajstić information content (AvgIpc) is 3.72. The summed E-state index contributed by atoms with van der Waals surface area (Å²) in [5.74, 6) is 0. The fourth-order valence-electron chi connectivity index (χ4n) is 15.5. The van der Waals surface area contributed by atoms with Gasteiger partial charge in [-0.15, -0.1) is 0 Å². The van der Waals surface area contributed by atoms with Crippen molar-refractivity contribution in [1.29, 1.82) is 0 Å². The maximum atomic E-state index is 2.94. The predicted octanol–water partition coefficient (Wildman–Crippen LogP) is 15.2. The monoisotopic (exact) mass is 930 g/mol. The van der Waals surface area contributed by atoms with Crippen LogP contribution in [0.2, 0.25) is 0 Å². The Morgan fingerprint density at radius 3 is 1.87 bits per heavy atom. The molecule has 0 aromatic heterocycles. The van der Waals surface area contributed by atoms with Crippen molar-refractivity contribution in [3.63, 3.8) is 0 Å². The van der Waals surface area contributed by atoms with Gasteiger partial charge in [0.15, 0.2) is 0 Å². The van der Waals surface area contributed by atoms with Gasteiger partial charge in [-0.3, -0.25) is 0 Å². The van der Waals surface area contributed by atoms with Crippen LogP contribution in [0.4, 0.5) is 39.8 Å². The molecule has 3 nitrogen and oxygen atoms in total. The number of aryl methyl sites for hydroxylation is 1. The molecule has 4 atom stereocenters. The molecule has 71 heavy (non-hydrogen) atoms. The standard InChI is InChI=1S/C67H72BN3/c1-61(2,3)45-25-20-26-48(38-45)69-56-40-47(63(7,8)9)30-32-53(56)68-54-29-21-28-51-60(54)71(65(11)35-18-19-36-67(51,65)44-23-14-13-15-24-44)58-42-49(41-57(69)59(58)68)70-55-33-31-46(62(4,5)6)39-52(55)64(10)37-34-43-22-16-17-27-50(43)66(64,70)12/h13-17,20-33,38-42H,18-19,34-37H2,1-12H3. The maximum Gasteiger partial charge on any atom is 0.252 e. The zero-order chi connectivity index (χ0) is 49.4. The van der Waals surface area contributed by atoms with E-state index in [2.05, 4.69) is 243 Å². The summed E-state index contributed by atoms with van der Waals surface area (Å²) in [6.07, 6.45) is 6.85. The Bertz CT molecular complexity index is 3370. The molecule has 0 bridgehead atoms. The van der Waals surface area contributed by atoms with Gasteiger partial charge in [-0.25, -0.2) is 0 Å². The van der Waals surface area contributed by atoms with Crippen molar-refractivity contribution in [2.45, 2.75) is 160 Å². The first-order valence-electron chi connectivity index (χ1n) is 27.0. The van der Waals surface area contributed by atoms with E-state index in [0.29, 0.717) is 0 Å². The molecule has 1 fully saturated rings. The van der Waals surface area contributed by atoms with Crippen LogP contribution >= 0.6 is 0 Å². The highest BCUT2D eigenvalue weighted by molar-refractivity contribution is 7.00. The van der Waals surface area contributed by atoms with Crippen molar-refractivity contribution in [2.75, 3.05) is 14.7 Å². The molecule has 1 saturated carbocycles. The number of hydrogen-bond donors (Lipinski definition) is 0. The summed E-state index contributed by atoms with van der Waals surface area (Å²) in [6, 6.07) is 58.5. The van der Waals surface area contributed by atoms with Crippen LogP contribution in [0.5, 0.6) is 0 Å². The lowest BCUT2D eigenvalue weighted by atomic mass is 9.33. The Morgan fingerprint density at radius 2 is 1.11 bits per heavy atom. The van der Waals surface area contributed by atoms with E-state index in [9.17, 15) is 0 Å². The van der Waals surface area contributed by atoms with E-state index >= 15 is 0 Å². The molecule has 4 heteroatoms. The minimum absolute atomic E-state index is 0.0223. The van der Waals surface area contributed by atoms with Gasteiger partial charge in [-0.2, -0.15) is 0 Å². The third-order valence-corrected chi connectivity index (χ3v) is 19.4. The van der Waals surface area contributed by atoms with Crippen LogP contribution in [0, 0.1) is 0 Å². The normalized spacial score (nSPS) is 24.7. The van der Waals surface area contributed by atoms with Crippen molar-refractivity contribution in [2.24, 2.45) is 0 Å². The van der Waals surface area contributed by atoms with Crippen molar-refractivity contribution >= 4 is 62.9 Å². The highest BCUT2D eigenvalue weighted by Crippen LogP contribution is 2.67. The van der Waals surface area contributed by atoms with Crippen LogP contribution in [0.1, 0.15) is 160 Å². The lowest BCUT2D eigenvalue weighted by Gasteiger charge is -2.55. The fraction of sp³-hybridized carbons (Fsp3) is 0.373. The van der Waals surface area contributed by atoms with Crippen molar-refractivity contribution < 1.29 is 0 Å². The summed E-state index contributed by atoms with van der Waals surface area (Å²) in [4.78, 5) is 8.48. The zero-order valence-corrected chi connectivity index (χ0v) is 44.5. The third-order valence-electron chi connectivity index (χ3n) is 19.4. The third kappa shape index (κ3) is 5.80. The number of nitrogens with zero attached hydrogens (tertiary/aromatic N) is 3. The van der Waals surface area contributed by atoms with Gasteiger partial charge in [0, 0.05) is 50.6 Å². The van der Waals surface area contributed by atoms with Crippen LogP contribution in [0.25, 0.3) is 0 Å². The quantitative estimate of drug-likeness (QED) is 0.164. The summed E-state index contributed by atoms with van der Waals surface area (Å²) >= 11 is 0. The highest BCUT2D eigenvalue weighted by atomic mass is 15.3. The molecule has 0 saturated heterocycles. The first-order chi connectivity index (χ1) is 33.7. The molecule has 2 aliphatic carbocycles. The summed E-state index contributed by atoms with van der Waals surface area (Å²) < 4.78 is 0. The molecule has 7 aromatic carbocycles. The van der Waals surface area contributed by atoms with E-state index < -0.39 is 0 Å². The minimum atomic E-state index is -0.366. The number of para-hydroxylation sites is 1. The van der Waals surface area contributed by atoms with E-state index in [0.717, 1.165) is 25.7 Å². The van der Waals surface area contributed by atoms with Gasteiger partial charge in [0.1, 0.15) is 0 Å². The topological polar surface area (TPSA) is 9.72 Å². The van der Waals surface area contributed by atoms with E-state index in [1.54, 1.807) is 0 Å². The Labute approximate surface area is 425 Å². The molecule has 0 spiro atoms. The molecule has 4 aliphatic heterocycles. The minimum Gasteiger partial charge on any atom is -0.335 e. The van der Waals surface area contributed by atoms with E-state index in [4.69, 9.17) is 0 Å². The summed E-state index contributed by atoms with van der Waals surface area (Å²) in [6.45, 7) is 29.2. The second-order valence-electron chi connectivity index (χ2n) is 26.2. The largest absolute Gasteiger partial charge is 0.335 e. The van der Waals surface area contributed by atoms with Gasteiger partial charge in [0.25, 0.3) is 6.71 Å². The molecule has 0 radical (unpaired) electrons. The average molecular weight is 930 g/mol. The Balaban J connectivity index is 1.18. The van der Waals surface area contributed by atoms with Crippen molar-refractivity contribution in [3.8, 4) is 0 Å². The molecule has 358 valence electrons. The lowest BCUT2D eigenvalue weighted by Crippen LogP contribution is -2.65. The Kier molecular flexibility index (Phi) is 9.22. The molecular weight excluding hydrogens is 858 g/mol. The number of anilines is 7. The Morgan fingerprint density at radius 1 is 0.465 bits per heavy atom. The van der Waals surface area contributed by atoms with Gasteiger partial charge in [0.05, 0.1) is 11.1 Å². The van der Waals surface area contributed by atoms with Crippen molar-refractivity contribution in [1.82, 2.24) is 0 Å². The van der Waals surface area contributed by atoms with Crippen LogP contribution in [0.3, 0.4) is 0 Å². The molecule has 0 amide bonds. The highest BCUT2D eigenvalue weighted by Gasteiger charge is 2.65. The molecule has 6 aliphatic rings. The van der Waals surface area contributed by atoms with E-state index in [1.807, 2.05) is 0 Å². The SMILES string of the molecule is CC(C)(C)c1cccc(N2c3cc(C(C)(C)C)ccc3B3c4cccc5c4N(c4cc(N6c7ccc(C(C)(C)C)cc7C7(C)CCc8ccccc8C67C)cc2c43)C2(C)CCCCC52c2ccccc2)c1. The van der Waals surface area contributed by atoms with E-state index in [1.165, 1.54) is 114 Å². The first kappa shape index (κ1) is 44.9.